The van der Waals surface area contributed by atoms with E-state index < -0.39 is 0 Å². The van der Waals surface area contributed by atoms with Gasteiger partial charge in [0.05, 0.1) is 29.6 Å². The fourth-order valence-corrected chi connectivity index (χ4v) is 6.09. The van der Waals surface area contributed by atoms with Crippen LogP contribution >= 0.6 is 11.6 Å². The van der Waals surface area contributed by atoms with E-state index in [-0.39, 0.29) is 41.5 Å². The van der Waals surface area contributed by atoms with Gasteiger partial charge < -0.3 is 9.84 Å². The molecule has 5 rings (SSSR count). The Kier molecular flexibility index (Phi) is 4.79. The second kappa shape index (κ2) is 7.25. The van der Waals surface area contributed by atoms with Crippen LogP contribution in [0.15, 0.2) is 42.2 Å². The summed E-state index contributed by atoms with van der Waals surface area (Å²) in [7, 11) is 0. The van der Waals surface area contributed by atoms with Crippen LogP contribution in [0.3, 0.4) is 0 Å². The van der Waals surface area contributed by atoms with E-state index in [2.05, 4.69) is 32.9 Å². The Hall–Kier alpha value is -2.10. The highest BCUT2D eigenvalue weighted by atomic mass is 35.5. The van der Waals surface area contributed by atoms with Gasteiger partial charge in [-0.25, -0.2) is 0 Å². The molecular formula is C26H27ClO3. The molecule has 3 nitrogen and oxygen atoms in total. The highest BCUT2D eigenvalue weighted by Gasteiger charge is 2.62. The summed E-state index contributed by atoms with van der Waals surface area (Å²) in [5, 5.41) is 12.1. The molecule has 2 aliphatic heterocycles. The number of ether oxygens (including phenoxy) is 1. The molecule has 2 aromatic carbocycles. The van der Waals surface area contributed by atoms with Crippen LogP contribution in [0.4, 0.5) is 0 Å². The minimum atomic E-state index is -0.260. The number of carbonyl (C=O) groups excluding carboxylic acids is 1. The van der Waals surface area contributed by atoms with Crippen molar-refractivity contribution in [2.24, 2.45) is 11.8 Å². The molecule has 2 fully saturated rings. The number of halogens is 1. The largest absolute Gasteiger partial charge is 0.511 e. The molecule has 2 aromatic rings. The van der Waals surface area contributed by atoms with Crippen molar-refractivity contribution in [2.45, 2.75) is 58.2 Å². The van der Waals surface area contributed by atoms with E-state index in [0.717, 1.165) is 41.5 Å². The van der Waals surface area contributed by atoms with Crippen LogP contribution in [0.5, 0.6) is 0 Å². The average molecular weight is 423 g/mol. The molecule has 2 bridgehead atoms. The molecule has 1 N–H and O–H groups in total. The van der Waals surface area contributed by atoms with Crippen LogP contribution in [-0.4, -0.2) is 23.1 Å². The first kappa shape index (κ1) is 19.8. The Bertz CT molecular complexity index is 1030. The summed E-state index contributed by atoms with van der Waals surface area (Å²) >= 11 is 6.06. The van der Waals surface area contributed by atoms with Gasteiger partial charge in [0, 0.05) is 10.9 Å². The van der Waals surface area contributed by atoms with Crippen molar-refractivity contribution < 1.29 is 14.6 Å². The average Bonchev–Trinajstić information content (AvgIpc) is 3.40. The summed E-state index contributed by atoms with van der Waals surface area (Å²) in [6, 6.07) is 12.2. The lowest BCUT2D eigenvalue weighted by atomic mass is 9.72. The Balaban J connectivity index is 1.59. The summed E-state index contributed by atoms with van der Waals surface area (Å²) < 4.78 is 6.25. The summed E-state index contributed by atoms with van der Waals surface area (Å²) in [6.45, 7) is 6.31. The van der Waals surface area contributed by atoms with E-state index in [4.69, 9.17) is 16.3 Å². The van der Waals surface area contributed by atoms with Gasteiger partial charge >= 0.3 is 0 Å². The first-order valence-electron chi connectivity index (χ1n) is 11.0. The van der Waals surface area contributed by atoms with Crippen molar-refractivity contribution in [3.8, 4) is 0 Å². The number of benzene rings is 2. The number of Topliss-reactive ketones (excluding diaryl/α,β-unsaturated/α-hetero) is 1. The maximum Gasteiger partial charge on any atom is 0.173 e. The predicted molar refractivity (Wildman–Crippen MR) is 119 cm³/mol. The molecule has 3 aliphatic rings. The highest BCUT2D eigenvalue weighted by Crippen LogP contribution is 2.58. The zero-order valence-corrected chi connectivity index (χ0v) is 18.4. The van der Waals surface area contributed by atoms with Crippen LogP contribution < -0.4 is 0 Å². The first-order chi connectivity index (χ1) is 14.4. The standard InChI is InChI=1S/C26H27ClO3/c1-4-14-10-13(3)11-15(5-2)20(14)22-24(28)21-19-12-18(16-6-8-17(27)9-7-16)26(30-19)23(21)25(22)29/h6-11,18-19,21,23,26,29H,4-5,12H2,1-3H3/t18?,19?,21-,23+,26?/m0/s1. The van der Waals surface area contributed by atoms with Crippen molar-refractivity contribution in [3.05, 3.63) is 75.0 Å². The van der Waals surface area contributed by atoms with Crippen LogP contribution in [0.25, 0.3) is 5.57 Å². The van der Waals surface area contributed by atoms with Gasteiger partial charge in [-0.2, -0.15) is 0 Å². The Morgan fingerprint density at radius 2 is 1.70 bits per heavy atom. The molecule has 5 atom stereocenters. The summed E-state index contributed by atoms with van der Waals surface area (Å²) in [4.78, 5) is 13.6. The van der Waals surface area contributed by atoms with Crippen molar-refractivity contribution >= 4 is 23.0 Å². The normalized spacial score (nSPS) is 29.7. The second-order valence-electron chi connectivity index (χ2n) is 8.87. The summed E-state index contributed by atoms with van der Waals surface area (Å²) in [5.74, 6) is -0.0266. The van der Waals surface area contributed by atoms with E-state index in [0.29, 0.717) is 10.6 Å². The number of ketones is 1. The Morgan fingerprint density at radius 1 is 1.07 bits per heavy atom. The van der Waals surface area contributed by atoms with Gasteiger partial charge in [0.2, 0.25) is 0 Å². The quantitative estimate of drug-likeness (QED) is 0.676. The number of rotatable bonds is 4. The van der Waals surface area contributed by atoms with Crippen LogP contribution in [0.2, 0.25) is 5.02 Å². The van der Waals surface area contributed by atoms with Gasteiger partial charge in [0.1, 0.15) is 5.76 Å². The maximum atomic E-state index is 13.6. The molecule has 30 heavy (non-hydrogen) atoms. The molecule has 0 aromatic heterocycles. The number of aryl methyl sites for hydroxylation is 3. The zero-order chi connectivity index (χ0) is 21.2. The second-order valence-corrected chi connectivity index (χ2v) is 9.31. The third-order valence-corrected chi connectivity index (χ3v) is 7.49. The van der Waals surface area contributed by atoms with Gasteiger partial charge in [0.25, 0.3) is 0 Å². The first-order valence-corrected chi connectivity index (χ1v) is 11.3. The van der Waals surface area contributed by atoms with E-state index in [1.165, 1.54) is 5.56 Å². The highest BCUT2D eigenvalue weighted by molar-refractivity contribution is 6.30. The SMILES string of the molecule is CCc1cc(C)cc(CC)c1C1=C(O)[C@@H]2C3OC(CC3c3ccc(Cl)cc3)[C@@H]2C1=O. The van der Waals surface area contributed by atoms with Gasteiger partial charge in [-0.3, -0.25) is 4.79 Å². The lowest BCUT2D eigenvalue weighted by Gasteiger charge is -2.27. The minimum absolute atomic E-state index is 0.0628. The molecular weight excluding hydrogens is 396 g/mol. The molecule has 1 aliphatic carbocycles. The minimum Gasteiger partial charge on any atom is -0.511 e. The van der Waals surface area contributed by atoms with E-state index in [9.17, 15) is 9.90 Å². The van der Waals surface area contributed by atoms with Crippen molar-refractivity contribution in [2.75, 3.05) is 0 Å². The van der Waals surface area contributed by atoms with Crippen LogP contribution in [0.1, 0.15) is 54.0 Å². The van der Waals surface area contributed by atoms with Gasteiger partial charge in [-0.05, 0) is 60.6 Å². The smallest absolute Gasteiger partial charge is 0.173 e. The van der Waals surface area contributed by atoms with Crippen LogP contribution in [-0.2, 0) is 22.4 Å². The molecule has 0 saturated carbocycles. The molecule has 0 amide bonds. The van der Waals surface area contributed by atoms with E-state index in [1.807, 2.05) is 24.3 Å². The van der Waals surface area contributed by atoms with Crippen LogP contribution in [0, 0.1) is 18.8 Å². The van der Waals surface area contributed by atoms with Gasteiger partial charge in [-0.15, -0.1) is 0 Å². The fourth-order valence-electron chi connectivity index (χ4n) is 5.96. The predicted octanol–water partition coefficient (Wildman–Crippen LogP) is 5.81. The third-order valence-electron chi connectivity index (χ3n) is 7.23. The third kappa shape index (κ3) is 2.79. The number of aliphatic hydroxyl groups is 1. The molecule has 156 valence electrons. The Labute approximate surface area is 182 Å². The number of aliphatic hydroxyl groups excluding tert-OH is 1. The number of carbonyl (C=O) groups is 1. The summed E-state index contributed by atoms with van der Waals surface area (Å²) in [6.07, 6.45) is 2.19. The summed E-state index contributed by atoms with van der Waals surface area (Å²) in [5.41, 5.74) is 6.16. The molecule has 2 saturated heterocycles. The van der Waals surface area contributed by atoms with E-state index >= 15 is 0 Å². The zero-order valence-electron chi connectivity index (χ0n) is 17.6. The lowest BCUT2D eigenvalue weighted by molar-refractivity contribution is -0.118. The molecule has 0 radical (unpaired) electrons. The molecule has 4 heteroatoms. The molecule has 2 heterocycles. The topological polar surface area (TPSA) is 46.5 Å². The monoisotopic (exact) mass is 422 g/mol. The molecule has 0 spiro atoms. The van der Waals surface area contributed by atoms with Gasteiger partial charge in [-0.1, -0.05) is 55.3 Å². The fraction of sp³-hybridized carbons (Fsp3) is 0.423. The lowest BCUT2D eigenvalue weighted by Crippen LogP contribution is -2.33. The maximum absolute atomic E-state index is 13.6. The van der Waals surface area contributed by atoms with Crippen molar-refractivity contribution in [3.63, 3.8) is 0 Å². The van der Waals surface area contributed by atoms with Crippen molar-refractivity contribution in [1.82, 2.24) is 0 Å². The number of allylic oxidation sites excluding steroid dienone is 1. The Morgan fingerprint density at radius 3 is 2.30 bits per heavy atom. The number of fused-ring (bicyclic) bond motifs is 5. The van der Waals surface area contributed by atoms with E-state index in [1.54, 1.807) is 0 Å². The molecule has 3 unspecified atom stereocenters. The van der Waals surface area contributed by atoms with Gasteiger partial charge in [0.15, 0.2) is 5.78 Å². The number of hydrogen-bond acceptors (Lipinski definition) is 3. The van der Waals surface area contributed by atoms with Crippen molar-refractivity contribution in [1.29, 1.82) is 0 Å². The number of hydrogen-bond donors (Lipinski definition) is 1.